The second-order valence-corrected chi connectivity index (χ2v) is 14.6. The number of imidazole rings is 1. The number of anilines is 1. The summed E-state index contributed by atoms with van der Waals surface area (Å²) in [6.07, 6.45) is 7.32. The van der Waals surface area contributed by atoms with E-state index in [-0.39, 0.29) is 12.5 Å². The number of carboxylic acid groups (broad SMARTS) is 1. The molecule has 3 aliphatic heterocycles. The predicted octanol–water partition coefficient (Wildman–Crippen LogP) is 5.81. The molecule has 10 heteroatoms. The number of hydrogen-bond acceptors (Lipinski definition) is 6. The van der Waals surface area contributed by atoms with Crippen LogP contribution in [-0.4, -0.2) is 82.3 Å². The number of piperidine rings is 2. The molecule has 272 valence electrons. The molecule has 4 heterocycles. The smallest absolute Gasteiger partial charge is 0.331 e. The number of hydrogen-bond donors (Lipinski definition) is 4. The fraction of sp³-hybridized carbons (Fsp3) is 0.488. The van der Waals surface area contributed by atoms with Crippen molar-refractivity contribution >= 4 is 28.7 Å². The third kappa shape index (κ3) is 8.29. The van der Waals surface area contributed by atoms with Crippen LogP contribution in [0.4, 0.5) is 10.5 Å². The SMILES string of the molecule is CCc1ccc(CC(N)(C(=O)O)c2nc3ccccc3n2CC2CCN(C)CC2)cc1CC.O=C1Nc2ccccc2CCN1C1CCNCC1. The first kappa shape index (κ1) is 36.5. The topological polar surface area (TPSA) is 129 Å². The number of likely N-dealkylation sites (tertiary alicyclic amines) is 1. The summed E-state index contributed by atoms with van der Waals surface area (Å²) in [6.45, 7) is 9.99. The van der Waals surface area contributed by atoms with Gasteiger partial charge in [0.15, 0.2) is 5.54 Å². The lowest BCUT2D eigenvalue weighted by molar-refractivity contribution is -0.144. The van der Waals surface area contributed by atoms with Crippen molar-refractivity contribution < 1.29 is 14.7 Å². The van der Waals surface area contributed by atoms with Crippen LogP contribution in [0, 0.1) is 5.92 Å². The average Bonchev–Trinajstić information content (AvgIpc) is 3.43. The second kappa shape index (κ2) is 16.4. The minimum Gasteiger partial charge on any atom is -0.480 e. The van der Waals surface area contributed by atoms with E-state index < -0.39 is 11.5 Å². The number of nitrogens with zero attached hydrogens (tertiary/aromatic N) is 4. The van der Waals surface area contributed by atoms with Gasteiger partial charge in [0.1, 0.15) is 5.82 Å². The van der Waals surface area contributed by atoms with Crippen molar-refractivity contribution in [3.05, 3.63) is 94.8 Å². The van der Waals surface area contributed by atoms with Crippen LogP contribution >= 0.6 is 0 Å². The Morgan fingerprint density at radius 2 is 1.65 bits per heavy atom. The zero-order valence-corrected chi connectivity index (χ0v) is 30.5. The molecule has 5 N–H and O–H groups in total. The Morgan fingerprint density at radius 3 is 2.37 bits per heavy atom. The number of aromatic nitrogens is 2. The molecule has 1 aromatic heterocycles. The van der Waals surface area contributed by atoms with Gasteiger partial charge < -0.3 is 35.8 Å². The van der Waals surface area contributed by atoms with E-state index in [9.17, 15) is 14.7 Å². The Morgan fingerprint density at radius 1 is 0.941 bits per heavy atom. The maximum Gasteiger partial charge on any atom is 0.331 e. The third-order valence-electron chi connectivity index (χ3n) is 11.1. The van der Waals surface area contributed by atoms with Crippen LogP contribution in [0.15, 0.2) is 66.7 Å². The number of fused-ring (bicyclic) bond motifs is 2. The van der Waals surface area contributed by atoms with Gasteiger partial charge in [-0.1, -0.05) is 62.4 Å². The minimum absolute atomic E-state index is 0.0619. The highest BCUT2D eigenvalue weighted by atomic mass is 16.4. The number of nitrogens with two attached hydrogens (primary N) is 1. The number of benzene rings is 3. The number of aliphatic carboxylic acids is 1. The highest BCUT2D eigenvalue weighted by Gasteiger charge is 2.42. The fourth-order valence-corrected chi connectivity index (χ4v) is 8.00. The first-order valence-electron chi connectivity index (χ1n) is 18.8. The van der Waals surface area contributed by atoms with Gasteiger partial charge in [-0.3, -0.25) is 0 Å². The molecule has 2 saturated heterocycles. The molecule has 0 saturated carbocycles. The molecular formula is C41H55N7O3. The average molecular weight is 694 g/mol. The molecule has 3 aliphatic rings. The number of carbonyl (C=O) groups excluding carboxylic acids is 1. The van der Waals surface area contributed by atoms with Crippen molar-refractivity contribution in [3.8, 4) is 0 Å². The molecular weight excluding hydrogens is 638 g/mol. The molecule has 0 spiro atoms. The Labute approximate surface area is 302 Å². The Hall–Kier alpha value is -4.25. The number of amides is 2. The lowest BCUT2D eigenvalue weighted by Gasteiger charge is -2.33. The molecule has 10 nitrogen and oxygen atoms in total. The maximum atomic E-state index is 12.7. The van der Waals surface area contributed by atoms with E-state index in [0.29, 0.717) is 17.8 Å². The number of carboxylic acids is 1. The Balaban J connectivity index is 0.000000208. The third-order valence-corrected chi connectivity index (χ3v) is 11.1. The summed E-state index contributed by atoms with van der Waals surface area (Å²) in [5.74, 6) is -0.112. The lowest BCUT2D eigenvalue weighted by atomic mass is 9.88. The van der Waals surface area contributed by atoms with Gasteiger partial charge in [0, 0.05) is 31.2 Å². The number of rotatable bonds is 9. The van der Waals surface area contributed by atoms with E-state index >= 15 is 0 Å². The standard InChI is InChI=1S/C27H36N4O2.C14H19N3O/c1-4-21-11-10-20(16-22(21)5-2)17-27(28,26(32)33)25-29-23-8-6-7-9-24(23)31(25)18-19-12-14-30(3)15-13-19;18-14-16-13-4-2-1-3-11(13)7-10-17(14)12-5-8-15-9-6-12/h6-11,16,19H,4-5,12-15,17-18,28H2,1-3H3,(H,32,33);1-4,12,15H,5-10H2,(H,16,18). The van der Waals surface area contributed by atoms with E-state index in [2.05, 4.69) is 59.2 Å². The summed E-state index contributed by atoms with van der Waals surface area (Å²) in [5, 5.41) is 16.8. The molecule has 2 amide bonds. The molecule has 2 fully saturated rings. The summed E-state index contributed by atoms with van der Waals surface area (Å²) in [6, 6.07) is 22.7. The maximum absolute atomic E-state index is 12.7. The van der Waals surface area contributed by atoms with E-state index in [1.807, 2.05) is 53.4 Å². The number of carbonyl (C=O) groups is 2. The second-order valence-electron chi connectivity index (χ2n) is 14.6. The minimum atomic E-state index is -1.61. The molecule has 0 aliphatic carbocycles. The van der Waals surface area contributed by atoms with Crippen LogP contribution in [0.25, 0.3) is 11.0 Å². The van der Waals surface area contributed by atoms with Gasteiger partial charge in [-0.25, -0.2) is 14.6 Å². The summed E-state index contributed by atoms with van der Waals surface area (Å²) in [5.41, 5.74) is 12.6. The van der Waals surface area contributed by atoms with Crippen molar-refractivity contribution in [1.29, 1.82) is 0 Å². The van der Waals surface area contributed by atoms with Crippen LogP contribution in [0.5, 0.6) is 0 Å². The van der Waals surface area contributed by atoms with Gasteiger partial charge in [-0.05, 0) is 125 Å². The largest absolute Gasteiger partial charge is 0.480 e. The molecule has 1 unspecified atom stereocenters. The van der Waals surface area contributed by atoms with Crippen molar-refractivity contribution in [2.45, 2.75) is 83.3 Å². The van der Waals surface area contributed by atoms with Gasteiger partial charge in [-0.2, -0.15) is 0 Å². The molecule has 0 bridgehead atoms. The molecule has 51 heavy (non-hydrogen) atoms. The highest BCUT2D eigenvalue weighted by molar-refractivity contribution is 5.91. The van der Waals surface area contributed by atoms with Crippen LogP contribution in [0.3, 0.4) is 0 Å². The Bertz CT molecular complexity index is 1810. The van der Waals surface area contributed by atoms with Crippen molar-refractivity contribution in [3.63, 3.8) is 0 Å². The Kier molecular flexibility index (Phi) is 11.7. The van der Waals surface area contributed by atoms with E-state index in [4.69, 9.17) is 10.7 Å². The summed E-state index contributed by atoms with van der Waals surface area (Å²) in [4.78, 5) is 34.1. The highest BCUT2D eigenvalue weighted by Crippen LogP contribution is 2.31. The zero-order valence-electron chi connectivity index (χ0n) is 30.5. The number of para-hydroxylation sites is 3. The molecule has 3 aromatic carbocycles. The molecule has 4 aromatic rings. The predicted molar refractivity (Wildman–Crippen MR) is 204 cm³/mol. The zero-order chi connectivity index (χ0) is 36.0. The van der Waals surface area contributed by atoms with Gasteiger partial charge in [0.2, 0.25) is 0 Å². The van der Waals surface area contributed by atoms with Crippen molar-refractivity contribution in [2.75, 3.05) is 45.1 Å². The van der Waals surface area contributed by atoms with Gasteiger partial charge in [-0.15, -0.1) is 0 Å². The van der Waals surface area contributed by atoms with E-state index in [1.165, 1.54) is 16.7 Å². The molecule has 1 atom stereocenters. The van der Waals surface area contributed by atoms with Crippen molar-refractivity contribution in [2.24, 2.45) is 11.7 Å². The fourth-order valence-electron chi connectivity index (χ4n) is 8.00. The first-order valence-corrected chi connectivity index (χ1v) is 18.8. The van der Waals surface area contributed by atoms with Crippen molar-refractivity contribution in [1.82, 2.24) is 24.7 Å². The molecule has 7 rings (SSSR count). The van der Waals surface area contributed by atoms with Crippen LogP contribution in [-0.2, 0) is 42.6 Å². The van der Waals surface area contributed by atoms with Crippen LogP contribution in [0.1, 0.15) is 67.6 Å². The quantitative estimate of drug-likeness (QED) is 0.174. The monoisotopic (exact) mass is 693 g/mol. The first-order chi connectivity index (χ1) is 24.7. The van der Waals surface area contributed by atoms with Crippen LogP contribution < -0.4 is 16.4 Å². The number of aryl methyl sites for hydroxylation is 2. The number of nitrogens with one attached hydrogen (secondary N) is 2. The summed E-state index contributed by atoms with van der Waals surface area (Å²) >= 11 is 0. The summed E-state index contributed by atoms with van der Waals surface area (Å²) in [7, 11) is 2.15. The lowest BCUT2D eigenvalue weighted by Crippen LogP contribution is -2.49. The van der Waals surface area contributed by atoms with Gasteiger partial charge in [0.25, 0.3) is 0 Å². The van der Waals surface area contributed by atoms with Gasteiger partial charge >= 0.3 is 12.0 Å². The van der Waals surface area contributed by atoms with Crippen LogP contribution in [0.2, 0.25) is 0 Å². The van der Waals surface area contributed by atoms with Gasteiger partial charge in [0.05, 0.1) is 11.0 Å². The molecule has 0 radical (unpaired) electrons. The normalized spacial score (nSPS) is 18.7. The summed E-state index contributed by atoms with van der Waals surface area (Å²) < 4.78 is 2.08. The van der Waals surface area contributed by atoms with E-state index in [0.717, 1.165) is 106 Å². The number of urea groups is 1. The van der Waals surface area contributed by atoms with E-state index in [1.54, 1.807) is 0 Å².